The Balaban J connectivity index is 2.40. The summed E-state index contributed by atoms with van der Waals surface area (Å²) < 4.78 is 1.58. The van der Waals surface area contributed by atoms with Gasteiger partial charge in [0.15, 0.2) is 0 Å². The van der Waals surface area contributed by atoms with E-state index in [1.54, 1.807) is 8.46 Å². The maximum atomic E-state index is 2.40. The van der Waals surface area contributed by atoms with E-state index in [2.05, 4.69) is 25.3 Å². The van der Waals surface area contributed by atoms with Crippen LogP contribution in [0.3, 0.4) is 0 Å². The molecular formula is C12H20SSn. The Hall–Kier alpha value is 0.499. The summed E-state index contributed by atoms with van der Waals surface area (Å²) in [6.45, 7) is 4.61. The summed E-state index contributed by atoms with van der Waals surface area (Å²) >= 11 is 3.22. The fourth-order valence-electron chi connectivity index (χ4n) is 1.78. The van der Waals surface area contributed by atoms with Crippen molar-refractivity contribution in [1.29, 1.82) is 0 Å². The number of hydrogen-bond donors (Lipinski definition) is 0. The summed E-state index contributed by atoms with van der Waals surface area (Å²) in [5.74, 6) is 0.921. The van der Waals surface area contributed by atoms with Crippen molar-refractivity contribution < 1.29 is 0 Å². The molecule has 0 aliphatic rings. The van der Waals surface area contributed by atoms with Gasteiger partial charge in [0.05, 0.1) is 0 Å². The summed E-state index contributed by atoms with van der Waals surface area (Å²) in [6, 6.07) is 2.40. The number of hydrogen-bond acceptors (Lipinski definition) is 1. The molecule has 0 spiro atoms. The van der Waals surface area contributed by atoms with Crippen LogP contribution in [-0.2, 0) is 6.42 Å². The normalized spacial score (nSPS) is 13.1. The van der Waals surface area contributed by atoms with Gasteiger partial charge in [-0.3, -0.25) is 0 Å². The van der Waals surface area contributed by atoms with E-state index in [0.29, 0.717) is 0 Å². The van der Waals surface area contributed by atoms with Crippen LogP contribution in [0.1, 0.15) is 45.1 Å². The van der Waals surface area contributed by atoms with Crippen molar-refractivity contribution in [2.45, 2.75) is 46.0 Å². The van der Waals surface area contributed by atoms with Gasteiger partial charge in [0, 0.05) is 0 Å². The minimum absolute atomic E-state index is 0.921. The molecule has 0 saturated carbocycles. The molecule has 1 atom stereocenters. The summed E-state index contributed by atoms with van der Waals surface area (Å²) in [4.78, 5) is 0. The van der Waals surface area contributed by atoms with Gasteiger partial charge in [0.1, 0.15) is 0 Å². The van der Waals surface area contributed by atoms with E-state index in [0.717, 1.165) is 5.92 Å². The van der Waals surface area contributed by atoms with Gasteiger partial charge in [-0.15, -0.1) is 0 Å². The van der Waals surface area contributed by atoms with Crippen LogP contribution in [0.5, 0.6) is 0 Å². The molecule has 0 aliphatic carbocycles. The molecule has 1 aromatic heterocycles. The third-order valence-corrected chi connectivity index (χ3v) is 5.19. The Morgan fingerprint density at radius 1 is 1.43 bits per heavy atom. The first-order valence-electron chi connectivity index (χ1n) is 5.59. The molecule has 0 aromatic carbocycles. The zero-order chi connectivity index (χ0) is 10.4. The summed E-state index contributed by atoms with van der Waals surface area (Å²) in [6.07, 6.45) is 6.81. The molecule has 1 unspecified atom stereocenters. The molecule has 2 radical (unpaired) electrons. The van der Waals surface area contributed by atoms with E-state index in [1.807, 2.05) is 11.3 Å². The van der Waals surface area contributed by atoms with Gasteiger partial charge in [-0.1, -0.05) is 0 Å². The summed E-state index contributed by atoms with van der Waals surface area (Å²) in [5.41, 5.74) is 1.58. The Bertz CT molecular complexity index is 255. The van der Waals surface area contributed by atoms with Gasteiger partial charge < -0.3 is 0 Å². The average molecular weight is 315 g/mol. The molecule has 78 valence electrons. The predicted molar refractivity (Wildman–Crippen MR) is 68.1 cm³/mol. The number of rotatable bonds is 6. The van der Waals surface area contributed by atoms with Crippen LogP contribution in [0.15, 0.2) is 11.4 Å². The van der Waals surface area contributed by atoms with Gasteiger partial charge in [-0.25, -0.2) is 0 Å². The first-order chi connectivity index (χ1) is 6.76. The van der Waals surface area contributed by atoms with E-state index in [4.69, 9.17) is 0 Å². The number of thiophene rings is 1. The molecule has 2 heteroatoms. The van der Waals surface area contributed by atoms with Crippen LogP contribution in [0.25, 0.3) is 0 Å². The van der Waals surface area contributed by atoms with E-state index < -0.39 is 0 Å². The molecule has 0 nitrogen and oxygen atoms in total. The monoisotopic (exact) mass is 316 g/mol. The predicted octanol–water partition coefficient (Wildman–Crippen LogP) is 3.03. The molecular weight excluding hydrogens is 295 g/mol. The Labute approximate surface area is 105 Å². The van der Waals surface area contributed by atoms with Crippen LogP contribution in [0.4, 0.5) is 0 Å². The average Bonchev–Trinajstić information content (AvgIpc) is 2.58. The van der Waals surface area contributed by atoms with Gasteiger partial charge in [-0.2, -0.15) is 0 Å². The van der Waals surface area contributed by atoms with Crippen LogP contribution in [0.2, 0.25) is 0 Å². The molecule has 14 heavy (non-hydrogen) atoms. The molecule has 0 saturated heterocycles. The van der Waals surface area contributed by atoms with Crippen molar-refractivity contribution in [2.75, 3.05) is 0 Å². The first kappa shape index (κ1) is 12.6. The van der Waals surface area contributed by atoms with Gasteiger partial charge in [0.2, 0.25) is 0 Å². The van der Waals surface area contributed by atoms with E-state index >= 15 is 0 Å². The van der Waals surface area contributed by atoms with Crippen LogP contribution >= 0.6 is 11.3 Å². The van der Waals surface area contributed by atoms with Crippen molar-refractivity contribution in [2.24, 2.45) is 5.92 Å². The van der Waals surface area contributed by atoms with Crippen molar-refractivity contribution in [3.63, 3.8) is 0 Å². The van der Waals surface area contributed by atoms with Gasteiger partial charge in [0.25, 0.3) is 0 Å². The molecule has 1 rings (SSSR count). The Morgan fingerprint density at radius 3 is 2.71 bits per heavy atom. The summed E-state index contributed by atoms with van der Waals surface area (Å²) in [7, 11) is 0. The van der Waals surface area contributed by atoms with Gasteiger partial charge >= 0.3 is 106 Å². The van der Waals surface area contributed by atoms with Crippen molar-refractivity contribution in [1.82, 2.24) is 0 Å². The quantitative estimate of drug-likeness (QED) is 0.708. The topological polar surface area (TPSA) is 0 Å². The molecule has 0 N–H and O–H groups in total. The fourth-order valence-corrected chi connectivity index (χ4v) is 3.64. The van der Waals surface area contributed by atoms with Crippen LogP contribution in [0, 0.1) is 5.92 Å². The van der Waals surface area contributed by atoms with Gasteiger partial charge in [-0.05, 0) is 0 Å². The molecule has 0 bridgehead atoms. The summed E-state index contributed by atoms with van der Waals surface area (Å²) in [5, 5.41) is 2.36. The second-order valence-electron chi connectivity index (χ2n) is 3.98. The second kappa shape index (κ2) is 6.89. The molecule has 0 amide bonds. The minimum atomic E-state index is 0.921. The Kier molecular flexibility index (Phi) is 6.18. The number of unbranched alkanes of at least 4 members (excludes halogenated alkanes) is 1. The van der Waals surface area contributed by atoms with Crippen molar-refractivity contribution in [3.8, 4) is 0 Å². The fraction of sp³-hybridized carbons (Fsp3) is 0.667. The van der Waals surface area contributed by atoms with Crippen molar-refractivity contribution >= 4 is 36.8 Å². The maximum absolute atomic E-state index is 2.40. The Morgan fingerprint density at radius 2 is 2.21 bits per heavy atom. The molecule has 1 heterocycles. The van der Waals surface area contributed by atoms with E-state index in [-0.39, 0.29) is 0 Å². The molecule has 0 fully saturated rings. The van der Waals surface area contributed by atoms with E-state index in [1.165, 1.54) is 54.6 Å². The van der Waals surface area contributed by atoms with Crippen molar-refractivity contribution in [3.05, 3.63) is 17.0 Å². The standard InChI is InChI=1S/C12H19S.Sn.H/c1-3-5-6-11(4-2)9-12-7-8-13-10-12;;/h7,10-11H,3-6,9H2,1-2H3;;. The van der Waals surface area contributed by atoms with Crippen LogP contribution in [-0.4, -0.2) is 22.5 Å². The van der Waals surface area contributed by atoms with Crippen LogP contribution < -0.4 is 2.89 Å². The zero-order valence-electron chi connectivity index (χ0n) is 9.25. The van der Waals surface area contributed by atoms with E-state index in [9.17, 15) is 0 Å². The third-order valence-electron chi connectivity index (χ3n) is 2.74. The first-order valence-corrected chi connectivity index (χ1v) is 8.11. The second-order valence-corrected chi connectivity index (χ2v) is 7.89. The SMILES string of the molecule is CCCCC(CC)Cc1cs[c]([SnH])c1. The molecule has 1 aromatic rings. The third kappa shape index (κ3) is 4.35. The zero-order valence-corrected chi connectivity index (χ0v) is 13.4. The molecule has 0 aliphatic heterocycles.